The van der Waals surface area contributed by atoms with E-state index in [2.05, 4.69) is 0 Å². The summed E-state index contributed by atoms with van der Waals surface area (Å²) in [6.45, 7) is -0.150. The fraction of sp³-hybridized carbons (Fsp3) is 0.300. The molecule has 1 rings (SSSR count). The molecule has 0 aliphatic heterocycles. The molecule has 1 unspecified atom stereocenters. The van der Waals surface area contributed by atoms with Crippen LogP contribution in [-0.4, -0.2) is 17.6 Å². The molecule has 0 spiro atoms. The van der Waals surface area contributed by atoms with Gasteiger partial charge in [-0.15, -0.1) is 0 Å². The Labute approximate surface area is 85.5 Å². The maximum Gasteiger partial charge on any atom is 0.308 e. The summed E-state index contributed by atoms with van der Waals surface area (Å²) < 4.78 is 26.3. The predicted octanol–water partition coefficient (Wildman–Crippen LogP) is 1.17. The van der Waals surface area contributed by atoms with Crippen LogP contribution >= 0.6 is 0 Å². The number of carbonyl (C=O) groups is 1. The van der Waals surface area contributed by atoms with Crippen LogP contribution in [0, 0.1) is 17.6 Å². The van der Waals surface area contributed by atoms with Gasteiger partial charge in [0, 0.05) is 12.1 Å². The van der Waals surface area contributed by atoms with Gasteiger partial charge in [0.15, 0.2) is 0 Å². The van der Waals surface area contributed by atoms with Gasteiger partial charge in [0.25, 0.3) is 0 Å². The van der Waals surface area contributed by atoms with Gasteiger partial charge in [0.05, 0.1) is 5.92 Å². The maximum atomic E-state index is 13.1. The summed E-state index contributed by atoms with van der Waals surface area (Å²) in [5, 5.41) is 8.69. The Hall–Kier alpha value is -1.49. The Balaban J connectivity index is 2.92. The second-order valence-corrected chi connectivity index (χ2v) is 3.18. The van der Waals surface area contributed by atoms with Gasteiger partial charge in [0.1, 0.15) is 11.6 Å². The van der Waals surface area contributed by atoms with E-state index in [4.69, 9.17) is 10.8 Å². The fourth-order valence-electron chi connectivity index (χ4n) is 1.25. The van der Waals surface area contributed by atoms with Gasteiger partial charge in [-0.05, 0) is 18.6 Å². The molecule has 3 nitrogen and oxygen atoms in total. The lowest BCUT2D eigenvalue weighted by molar-refractivity contribution is -0.141. The molecule has 82 valence electrons. The monoisotopic (exact) mass is 215 g/mol. The Morgan fingerprint density at radius 3 is 2.33 bits per heavy atom. The van der Waals surface area contributed by atoms with Crippen LogP contribution in [-0.2, 0) is 11.2 Å². The summed E-state index contributed by atoms with van der Waals surface area (Å²) in [4.78, 5) is 10.6. The fourth-order valence-corrected chi connectivity index (χ4v) is 1.25. The number of hydrogen-bond acceptors (Lipinski definition) is 2. The molecule has 0 amide bonds. The van der Waals surface area contributed by atoms with Crippen molar-refractivity contribution in [2.75, 3.05) is 6.54 Å². The second kappa shape index (κ2) is 4.84. The van der Waals surface area contributed by atoms with Crippen LogP contribution in [0.3, 0.4) is 0 Å². The Kier molecular flexibility index (Phi) is 3.74. The SMILES string of the molecule is NCC(Cc1c(F)cccc1F)C(=O)O. The van der Waals surface area contributed by atoms with Gasteiger partial charge in [-0.3, -0.25) is 4.79 Å². The highest BCUT2D eigenvalue weighted by Gasteiger charge is 2.20. The Morgan fingerprint density at radius 1 is 1.40 bits per heavy atom. The molecule has 1 atom stereocenters. The smallest absolute Gasteiger partial charge is 0.308 e. The van der Waals surface area contributed by atoms with Crippen molar-refractivity contribution in [3.63, 3.8) is 0 Å². The van der Waals surface area contributed by atoms with Crippen molar-refractivity contribution in [2.45, 2.75) is 6.42 Å². The van der Waals surface area contributed by atoms with Gasteiger partial charge < -0.3 is 10.8 Å². The van der Waals surface area contributed by atoms with E-state index in [0.717, 1.165) is 12.1 Å². The number of hydrogen-bond donors (Lipinski definition) is 2. The minimum absolute atomic E-state index is 0.150. The lowest BCUT2D eigenvalue weighted by Crippen LogP contribution is -2.26. The summed E-state index contributed by atoms with van der Waals surface area (Å²) in [6.07, 6.45) is -0.232. The van der Waals surface area contributed by atoms with Crippen LogP contribution in [0.25, 0.3) is 0 Å². The van der Waals surface area contributed by atoms with E-state index in [1.165, 1.54) is 6.07 Å². The zero-order chi connectivity index (χ0) is 11.4. The van der Waals surface area contributed by atoms with E-state index < -0.39 is 23.5 Å². The van der Waals surface area contributed by atoms with Gasteiger partial charge >= 0.3 is 5.97 Å². The highest BCUT2D eigenvalue weighted by molar-refractivity contribution is 5.70. The van der Waals surface area contributed by atoms with E-state index in [-0.39, 0.29) is 18.5 Å². The first kappa shape index (κ1) is 11.6. The van der Waals surface area contributed by atoms with Crippen molar-refractivity contribution >= 4 is 5.97 Å². The molecule has 0 aromatic heterocycles. The summed E-state index contributed by atoms with van der Waals surface area (Å²) in [6, 6.07) is 3.41. The summed E-state index contributed by atoms with van der Waals surface area (Å²) in [5.41, 5.74) is 4.97. The van der Waals surface area contributed by atoms with Crippen LogP contribution in [0.4, 0.5) is 8.78 Å². The molecule has 5 heteroatoms. The molecule has 0 aliphatic carbocycles. The predicted molar refractivity (Wildman–Crippen MR) is 50.2 cm³/mol. The molecule has 0 saturated carbocycles. The maximum absolute atomic E-state index is 13.1. The number of halogens is 2. The average molecular weight is 215 g/mol. The van der Waals surface area contributed by atoms with Crippen molar-refractivity contribution in [1.82, 2.24) is 0 Å². The van der Waals surface area contributed by atoms with Crippen LogP contribution in [0.5, 0.6) is 0 Å². The zero-order valence-electron chi connectivity index (χ0n) is 7.91. The lowest BCUT2D eigenvalue weighted by atomic mass is 9.99. The minimum Gasteiger partial charge on any atom is -0.481 e. The van der Waals surface area contributed by atoms with E-state index in [0.29, 0.717) is 0 Å². The highest BCUT2D eigenvalue weighted by Crippen LogP contribution is 2.16. The van der Waals surface area contributed by atoms with E-state index in [1.54, 1.807) is 0 Å². The number of carboxylic acid groups (broad SMARTS) is 1. The normalized spacial score (nSPS) is 12.5. The van der Waals surface area contributed by atoms with Crippen molar-refractivity contribution in [2.24, 2.45) is 11.7 Å². The third-order valence-corrected chi connectivity index (χ3v) is 2.15. The third kappa shape index (κ3) is 2.73. The number of aliphatic carboxylic acids is 1. The molecule has 0 bridgehead atoms. The first-order valence-electron chi connectivity index (χ1n) is 4.42. The van der Waals surface area contributed by atoms with Crippen LogP contribution in [0.15, 0.2) is 18.2 Å². The minimum atomic E-state index is -1.15. The number of benzene rings is 1. The molecule has 0 aliphatic rings. The molecular formula is C10H11F2NO2. The lowest BCUT2D eigenvalue weighted by Gasteiger charge is -2.10. The molecule has 0 fully saturated rings. The first-order chi connectivity index (χ1) is 7.06. The van der Waals surface area contributed by atoms with E-state index >= 15 is 0 Å². The largest absolute Gasteiger partial charge is 0.481 e. The van der Waals surface area contributed by atoms with Crippen molar-refractivity contribution in [3.8, 4) is 0 Å². The highest BCUT2D eigenvalue weighted by atomic mass is 19.1. The van der Waals surface area contributed by atoms with Crippen LogP contribution < -0.4 is 5.73 Å². The third-order valence-electron chi connectivity index (χ3n) is 2.15. The van der Waals surface area contributed by atoms with Gasteiger partial charge in [0.2, 0.25) is 0 Å². The number of rotatable bonds is 4. The van der Waals surface area contributed by atoms with Crippen molar-refractivity contribution in [3.05, 3.63) is 35.4 Å². The average Bonchev–Trinajstić information content (AvgIpc) is 2.17. The van der Waals surface area contributed by atoms with Crippen molar-refractivity contribution in [1.29, 1.82) is 0 Å². The summed E-state index contributed by atoms with van der Waals surface area (Å²) >= 11 is 0. The molecule has 1 aromatic rings. The van der Waals surface area contributed by atoms with Gasteiger partial charge in [-0.25, -0.2) is 8.78 Å². The van der Waals surface area contributed by atoms with Crippen molar-refractivity contribution < 1.29 is 18.7 Å². The van der Waals surface area contributed by atoms with E-state index in [9.17, 15) is 13.6 Å². The molecule has 15 heavy (non-hydrogen) atoms. The summed E-state index contributed by atoms with van der Waals surface area (Å²) in [7, 11) is 0. The molecule has 0 saturated heterocycles. The molecule has 0 heterocycles. The Morgan fingerprint density at radius 2 is 1.93 bits per heavy atom. The molecule has 1 aromatic carbocycles. The first-order valence-corrected chi connectivity index (χ1v) is 4.42. The standard InChI is InChI=1S/C10H11F2NO2/c11-8-2-1-3-9(12)7(8)4-6(5-13)10(14)15/h1-3,6H,4-5,13H2,(H,14,15). The van der Waals surface area contributed by atoms with Gasteiger partial charge in [-0.1, -0.05) is 6.07 Å². The van der Waals surface area contributed by atoms with Crippen LogP contribution in [0.1, 0.15) is 5.56 Å². The Bertz CT molecular complexity index is 348. The van der Waals surface area contributed by atoms with E-state index in [1.807, 2.05) is 0 Å². The molecule has 0 radical (unpaired) electrons. The quantitative estimate of drug-likeness (QED) is 0.792. The molecule has 3 N–H and O–H groups in total. The number of carboxylic acids is 1. The van der Waals surface area contributed by atoms with Gasteiger partial charge in [-0.2, -0.15) is 0 Å². The zero-order valence-corrected chi connectivity index (χ0v) is 7.91. The summed E-state index contributed by atoms with van der Waals surface area (Å²) in [5.74, 6) is -3.60. The van der Waals surface area contributed by atoms with Crippen LogP contribution in [0.2, 0.25) is 0 Å². The molecular weight excluding hydrogens is 204 g/mol. The topological polar surface area (TPSA) is 63.3 Å². The number of nitrogens with two attached hydrogens (primary N) is 1. The second-order valence-electron chi connectivity index (χ2n) is 3.18.